The van der Waals surface area contributed by atoms with Crippen LogP contribution in [0.3, 0.4) is 0 Å². The predicted octanol–water partition coefficient (Wildman–Crippen LogP) is 2.94. The van der Waals surface area contributed by atoms with Crippen LogP contribution >= 0.6 is 0 Å². The highest BCUT2D eigenvalue weighted by molar-refractivity contribution is 5.28. The summed E-state index contributed by atoms with van der Waals surface area (Å²) in [6.07, 6.45) is 8.84. The molecule has 1 fully saturated rings. The molecule has 4 heteroatoms. The first-order valence-corrected chi connectivity index (χ1v) is 7.59. The summed E-state index contributed by atoms with van der Waals surface area (Å²) < 4.78 is 0. The Hall–Kier alpha value is -1.68. The van der Waals surface area contributed by atoms with E-state index in [9.17, 15) is 0 Å². The Kier molecular flexibility index (Phi) is 4.43. The van der Waals surface area contributed by atoms with Gasteiger partial charge in [-0.2, -0.15) is 15.0 Å². The van der Waals surface area contributed by atoms with Gasteiger partial charge in [-0.05, 0) is 31.0 Å². The van der Waals surface area contributed by atoms with Gasteiger partial charge in [0.15, 0.2) is 0 Å². The van der Waals surface area contributed by atoms with Crippen LogP contribution in [0.1, 0.15) is 37.8 Å². The molecule has 0 spiro atoms. The van der Waals surface area contributed by atoms with E-state index < -0.39 is 0 Å². The highest BCUT2D eigenvalue weighted by Crippen LogP contribution is 2.26. The van der Waals surface area contributed by atoms with Crippen LogP contribution in [0.15, 0.2) is 36.5 Å². The van der Waals surface area contributed by atoms with E-state index in [1.165, 1.54) is 32.1 Å². The van der Waals surface area contributed by atoms with E-state index in [0.29, 0.717) is 0 Å². The van der Waals surface area contributed by atoms with Crippen LogP contribution in [-0.2, 0) is 6.54 Å². The van der Waals surface area contributed by atoms with Gasteiger partial charge in [0.25, 0.3) is 0 Å². The van der Waals surface area contributed by atoms with Gasteiger partial charge in [0.2, 0.25) is 0 Å². The molecule has 1 aromatic heterocycles. The summed E-state index contributed by atoms with van der Waals surface area (Å²) in [7, 11) is 0. The molecule has 1 N–H and O–H groups in total. The van der Waals surface area contributed by atoms with Crippen LogP contribution in [0.2, 0.25) is 0 Å². The van der Waals surface area contributed by atoms with E-state index >= 15 is 0 Å². The third-order valence-electron chi connectivity index (χ3n) is 4.04. The zero-order chi connectivity index (χ0) is 13.6. The third kappa shape index (κ3) is 3.45. The number of nitrogens with zero attached hydrogens (tertiary/aromatic N) is 3. The minimum absolute atomic E-state index is 0.805. The first kappa shape index (κ1) is 13.3. The van der Waals surface area contributed by atoms with Crippen LogP contribution in [-0.4, -0.2) is 21.5 Å². The highest BCUT2D eigenvalue weighted by atomic mass is 15.5. The van der Waals surface area contributed by atoms with E-state index in [0.717, 1.165) is 30.4 Å². The molecule has 20 heavy (non-hydrogen) atoms. The summed E-state index contributed by atoms with van der Waals surface area (Å²) in [5.41, 5.74) is 2.00. The van der Waals surface area contributed by atoms with E-state index in [1.807, 2.05) is 36.5 Å². The number of para-hydroxylation sites is 1. The number of benzene rings is 1. The lowest BCUT2D eigenvalue weighted by Gasteiger charge is -2.08. The van der Waals surface area contributed by atoms with Gasteiger partial charge < -0.3 is 5.32 Å². The van der Waals surface area contributed by atoms with Gasteiger partial charge in [-0.1, -0.05) is 43.9 Å². The second-order valence-electron chi connectivity index (χ2n) is 5.58. The summed E-state index contributed by atoms with van der Waals surface area (Å²) in [5.74, 6) is 0.947. The lowest BCUT2D eigenvalue weighted by atomic mass is 10.0. The van der Waals surface area contributed by atoms with Crippen molar-refractivity contribution >= 4 is 0 Å². The molecular weight excluding hydrogens is 248 g/mol. The topological polar surface area (TPSA) is 42.7 Å². The maximum absolute atomic E-state index is 4.49. The SMILES string of the molecule is c1ccc(-n2ncc(CNCCC3CCCC3)n2)cc1. The van der Waals surface area contributed by atoms with E-state index in [-0.39, 0.29) is 0 Å². The summed E-state index contributed by atoms with van der Waals surface area (Å²) in [6, 6.07) is 10.0. The molecule has 1 aromatic carbocycles. The molecule has 106 valence electrons. The Morgan fingerprint density at radius 1 is 1.15 bits per heavy atom. The van der Waals surface area contributed by atoms with Crippen molar-refractivity contribution < 1.29 is 0 Å². The van der Waals surface area contributed by atoms with Crippen molar-refractivity contribution in [2.75, 3.05) is 6.54 Å². The third-order valence-corrected chi connectivity index (χ3v) is 4.04. The maximum Gasteiger partial charge on any atom is 0.0969 e. The molecule has 0 radical (unpaired) electrons. The number of hydrogen-bond donors (Lipinski definition) is 1. The second kappa shape index (κ2) is 6.66. The van der Waals surface area contributed by atoms with Crippen LogP contribution < -0.4 is 5.32 Å². The molecule has 1 aliphatic rings. The predicted molar refractivity (Wildman–Crippen MR) is 79.6 cm³/mol. The molecule has 0 aliphatic heterocycles. The van der Waals surface area contributed by atoms with Crippen molar-refractivity contribution in [2.45, 2.75) is 38.6 Å². The smallest absolute Gasteiger partial charge is 0.0969 e. The van der Waals surface area contributed by atoms with E-state index in [4.69, 9.17) is 0 Å². The summed E-state index contributed by atoms with van der Waals surface area (Å²) >= 11 is 0. The zero-order valence-corrected chi connectivity index (χ0v) is 11.8. The second-order valence-corrected chi connectivity index (χ2v) is 5.58. The molecule has 1 heterocycles. The maximum atomic E-state index is 4.49. The van der Waals surface area contributed by atoms with Crippen molar-refractivity contribution in [3.63, 3.8) is 0 Å². The Morgan fingerprint density at radius 3 is 2.75 bits per heavy atom. The van der Waals surface area contributed by atoms with Gasteiger partial charge in [-0.25, -0.2) is 0 Å². The normalized spacial score (nSPS) is 15.8. The molecule has 0 saturated heterocycles. The largest absolute Gasteiger partial charge is 0.311 e. The molecule has 0 atom stereocenters. The Morgan fingerprint density at radius 2 is 1.95 bits per heavy atom. The van der Waals surface area contributed by atoms with Crippen molar-refractivity contribution in [3.05, 3.63) is 42.2 Å². The molecule has 0 unspecified atom stereocenters. The van der Waals surface area contributed by atoms with Gasteiger partial charge in [0.1, 0.15) is 0 Å². The van der Waals surface area contributed by atoms with Gasteiger partial charge in [-0.15, -0.1) is 0 Å². The van der Waals surface area contributed by atoms with Gasteiger partial charge in [0, 0.05) is 6.54 Å². The first-order chi connectivity index (χ1) is 9.92. The van der Waals surface area contributed by atoms with Gasteiger partial charge in [-0.3, -0.25) is 0 Å². The Bertz CT molecular complexity index is 514. The quantitative estimate of drug-likeness (QED) is 0.821. The monoisotopic (exact) mass is 270 g/mol. The summed E-state index contributed by atoms with van der Waals surface area (Å²) in [5, 5.41) is 12.3. The minimum atomic E-state index is 0.805. The van der Waals surface area contributed by atoms with Crippen molar-refractivity contribution in [3.8, 4) is 5.69 Å². The zero-order valence-electron chi connectivity index (χ0n) is 11.8. The lowest BCUT2D eigenvalue weighted by molar-refractivity contribution is 0.475. The van der Waals surface area contributed by atoms with Crippen molar-refractivity contribution in [1.29, 1.82) is 0 Å². The summed E-state index contributed by atoms with van der Waals surface area (Å²) in [4.78, 5) is 1.69. The molecule has 2 aromatic rings. The molecule has 3 rings (SSSR count). The molecular formula is C16H22N4. The molecule has 0 amide bonds. The first-order valence-electron chi connectivity index (χ1n) is 7.59. The molecule has 4 nitrogen and oxygen atoms in total. The lowest BCUT2D eigenvalue weighted by Crippen LogP contribution is -2.17. The standard InChI is InChI=1S/C16H22N4/c1-2-8-16(9-3-1)20-18-13-15(19-20)12-17-11-10-14-6-4-5-7-14/h1-3,8-9,13-14,17H,4-7,10-12H2. The van der Waals surface area contributed by atoms with Gasteiger partial charge >= 0.3 is 0 Å². The van der Waals surface area contributed by atoms with Crippen molar-refractivity contribution in [2.24, 2.45) is 5.92 Å². The number of rotatable bonds is 6. The highest BCUT2D eigenvalue weighted by Gasteiger charge is 2.13. The fourth-order valence-electron chi connectivity index (χ4n) is 2.88. The van der Waals surface area contributed by atoms with Crippen LogP contribution in [0.4, 0.5) is 0 Å². The average Bonchev–Trinajstić information content (AvgIpc) is 3.16. The molecule has 0 bridgehead atoms. The molecule has 1 saturated carbocycles. The number of nitrogens with one attached hydrogen (secondary N) is 1. The summed E-state index contributed by atoms with van der Waals surface area (Å²) in [6.45, 7) is 1.89. The van der Waals surface area contributed by atoms with E-state index in [1.54, 1.807) is 4.80 Å². The van der Waals surface area contributed by atoms with Gasteiger partial charge in [0.05, 0.1) is 17.6 Å². The van der Waals surface area contributed by atoms with Crippen LogP contribution in [0.25, 0.3) is 5.69 Å². The van der Waals surface area contributed by atoms with Crippen LogP contribution in [0, 0.1) is 5.92 Å². The Labute approximate surface area is 120 Å². The minimum Gasteiger partial charge on any atom is -0.311 e. The fraction of sp³-hybridized carbons (Fsp3) is 0.500. The average molecular weight is 270 g/mol. The Balaban J connectivity index is 1.45. The van der Waals surface area contributed by atoms with Crippen molar-refractivity contribution in [1.82, 2.24) is 20.3 Å². The van der Waals surface area contributed by atoms with Crippen LogP contribution in [0.5, 0.6) is 0 Å². The number of aromatic nitrogens is 3. The molecule has 1 aliphatic carbocycles. The number of hydrogen-bond acceptors (Lipinski definition) is 3. The fourth-order valence-corrected chi connectivity index (χ4v) is 2.88. The van der Waals surface area contributed by atoms with E-state index in [2.05, 4.69) is 15.5 Å².